The van der Waals surface area contributed by atoms with E-state index in [1.165, 1.54) is 38.5 Å². The van der Waals surface area contributed by atoms with Crippen molar-refractivity contribution >= 4 is 23.5 Å². The number of methoxy groups -OCH3 is 2. The third-order valence-electron chi connectivity index (χ3n) is 4.80. The van der Waals surface area contributed by atoms with Gasteiger partial charge in [0.25, 0.3) is 5.69 Å². The van der Waals surface area contributed by atoms with E-state index in [0.29, 0.717) is 12.0 Å². The van der Waals surface area contributed by atoms with Gasteiger partial charge in [0.1, 0.15) is 6.04 Å². The Morgan fingerprint density at radius 2 is 1.65 bits per heavy atom. The van der Waals surface area contributed by atoms with Crippen molar-refractivity contribution in [3.63, 3.8) is 0 Å². The number of nitrogens with zero attached hydrogens (tertiary/aromatic N) is 1. The molecule has 0 spiro atoms. The van der Waals surface area contributed by atoms with Gasteiger partial charge in [0.2, 0.25) is 5.91 Å². The molecule has 1 amide bonds. The first kappa shape index (κ1) is 23.5. The summed E-state index contributed by atoms with van der Waals surface area (Å²) < 4.78 is 9.57. The number of aryl methyl sites for hydroxylation is 1. The Bertz CT molecular complexity index is 913. The van der Waals surface area contributed by atoms with Gasteiger partial charge >= 0.3 is 11.9 Å². The number of amides is 1. The molecule has 0 aliphatic heterocycles. The number of nitro benzene ring substituents is 1. The van der Waals surface area contributed by atoms with Crippen LogP contribution in [0.25, 0.3) is 0 Å². The fourth-order valence-electron chi connectivity index (χ4n) is 3.13. The molecule has 0 fully saturated rings. The van der Waals surface area contributed by atoms with E-state index < -0.39 is 34.7 Å². The summed E-state index contributed by atoms with van der Waals surface area (Å²) in [6, 6.07) is 13.6. The van der Waals surface area contributed by atoms with Crippen molar-refractivity contribution in [2.75, 3.05) is 14.2 Å². The highest BCUT2D eigenvalue weighted by molar-refractivity contribution is 5.86. The van der Waals surface area contributed by atoms with E-state index in [0.717, 1.165) is 5.56 Å². The maximum absolute atomic E-state index is 12.6. The summed E-state index contributed by atoms with van der Waals surface area (Å²) in [7, 11) is 2.39. The minimum Gasteiger partial charge on any atom is -0.469 e. The predicted octanol–water partition coefficient (Wildman–Crippen LogP) is 2.53. The van der Waals surface area contributed by atoms with Crippen LogP contribution >= 0.6 is 0 Å². The van der Waals surface area contributed by atoms with Crippen LogP contribution in [-0.4, -0.2) is 43.0 Å². The zero-order valence-electron chi connectivity index (χ0n) is 17.3. The van der Waals surface area contributed by atoms with Crippen molar-refractivity contribution in [3.05, 3.63) is 75.8 Å². The summed E-state index contributed by atoms with van der Waals surface area (Å²) in [5.74, 6) is -2.56. The van der Waals surface area contributed by atoms with Gasteiger partial charge in [0, 0.05) is 24.5 Å². The van der Waals surface area contributed by atoms with E-state index in [9.17, 15) is 24.5 Å². The topological polar surface area (TPSA) is 125 Å². The quantitative estimate of drug-likeness (QED) is 0.350. The minimum absolute atomic E-state index is 0.128. The molecule has 0 heterocycles. The summed E-state index contributed by atoms with van der Waals surface area (Å²) in [5, 5.41) is 13.6. The van der Waals surface area contributed by atoms with Gasteiger partial charge in [-0.05, 0) is 17.5 Å². The van der Waals surface area contributed by atoms with E-state index in [4.69, 9.17) is 9.47 Å². The van der Waals surface area contributed by atoms with Crippen molar-refractivity contribution in [1.82, 2.24) is 5.32 Å². The van der Waals surface area contributed by atoms with E-state index in [-0.39, 0.29) is 18.5 Å². The van der Waals surface area contributed by atoms with E-state index in [1.807, 2.05) is 30.3 Å². The lowest BCUT2D eigenvalue weighted by Crippen LogP contribution is -2.46. The highest BCUT2D eigenvalue weighted by Gasteiger charge is 2.34. The third kappa shape index (κ3) is 6.91. The molecule has 2 aromatic carbocycles. The van der Waals surface area contributed by atoms with Crippen LogP contribution in [0.3, 0.4) is 0 Å². The standard InChI is InChI=1S/C22H24N2O7/c1-30-20(26)14-18(16-9-11-17(12-10-16)24(28)29)21(22(27)31-2)23-19(25)13-8-15-6-4-3-5-7-15/h3-7,9-12,18,21H,8,13-14H2,1-2H3,(H,23,25)/t18-,21-/m0/s1. The molecule has 0 saturated carbocycles. The van der Waals surface area contributed by atoms with E-state index in [2.05, 4.69) is 5.32 Å². The molecule has 0 aromatic heterocycles. The van der Waals surface area contributed by atoms with E-state index in [1.54, 1.807) is 0 Å². The van der Waals surface area contributed by atoms with Gasteiger partial charge in [-0.15, -0.1) is 0 Å². The van der Waals surface area contributed by atoms with Crippen molar-refractivity contribution in [3.8, 4) is 0 Å². The van der Waals surface area contributed by atoms with Gasteiger partial charge in [-0.25, -0.2) is 4.79 Å². The van der Waals surface area contributed by atoms with Crippen molar-refractivity contribution in [2.24, 2.45) is 0 Å². The number of hydrogen-bond acceptors (Lipinski definition) is 7. The molecule has 2 atom stereocenters. The third-order valence-corrected chi connectivity index (χ3v) is 4.80. The largest absolute Gasteiger partial charge is 0.469 e. The number of ether oxygens (including phenoxy) is 2. The Labute approximate surface area is 179 Å². The summed E-state index contributed by atoms with van der Waals surface area (Å²) in [6.45, 7) is 0. The van der Waals surface area contributed by atoms with Gasteiger partial charge in [0.15, 0.2) is 0 Å². The summed E-state index contributed by atoms with van der Waals surface area (Å²) in [6.07, 6.45) is 0.371. The normalized spacial score (nSPS) is 12.3. The number of nitrogens with one attached hydrogen (secondary N) is 1. The number of rotatable bonds is 10. The minimum atomic E-state index is -1.17. The van der Waals surface area contributed by atoms with Crippen molar-refractivity contribution in [2.45, 2.75) is 31.2 Å². The summed E-state index contributed by atoms with van der Waals surface area (Å²) in [4.78, 5) is 47.4. The molecule has 0 aliphatic carbocycles. The highest BCUT2D eigenvalue weighted by atomic mass is 16.6. The molecule has 0 unspecified atom stereocenters. The number of hydrogen-bond donors (Lipinski definition) is 1. The molecular formula is C22H24N2O7. The second kappa shape index (κ2) is 11.4. The fraction of sp³-hybridized carbons (Fsp3) is 0.318. The molecule has 2 rings (SSSR count). The first-order valence-electron chi connectivity index (χ1n) is 9.58. The van der Waals surface area contributed by atoms with Crippen LogP contribution < -0.4 is 5.32 Å². The van der Waals surface area contributed by atoms with Crippen molar-refractivity contribution in [1.29, 1.82) is 0 Å². The summed E-state index contributed by atoms with van der Waals surface area (Å²) in [5.41, 5.74) is 1.28. The maximum Gasteiger partial charge on any atom is 0.329 e. The van der Waals surface area contributed by atoms with E-state index >= 15 is 0 Å². The first-order valence-corrected chi connectivity index (χ1v) is 9.58. The molecule has 1 N–H and O–H groups in total. The average molecular weight is 428 g/mol. The highest BCUT2D eigenvalue weighted by Crippen LogP contribution is 2.27. The lowest BCUT2D eigenvalue weighted by molar-refractivity contribution is -0.384. The molecule has 0 radical (unpaired) electrons. The summed E-state index contributed by atoms with van der Waals surface area (Å²) >= 11 is 0. The second-order valence-corrected chi connectivity index (χ2v) is 6.79. The van der Waals surface area contributed by atoms with Crippen LogP contribution in [0.15, 0.2) is 54.6 Å². The molecular weight excluding hydrogens is 404 g/mol. The van der Waals surface area contributed by atoms with Gasteiger partial charge < -0.3 is 14.8 Å². The Balaban J connectivity index is 2.25. The van der Waals surface area contributed by atoms with Crippen LogP contribution in [0.5, 0.6) is 0 Å². The number of carbonyl (C=O) groups is 3. The number of nitro groups is 1. The van der Waals surface area contributed by atoms with Crippen LogP contribution in [0.1, 0.15) is 29.9 Å². The molecule has 2 aromatic rings. The van der Waals surface area contributed by atoms with Gasteiger partial charge in [-0.3, -0.25) is 19.7 Å². The number of non-ortho nitro benzene ring substituents is 1. The number of esters is 2. The number of carbonyl (C=O) groups excluding carboxylic acids is 3. The molecule has 31 heavy (non-hydrogen) atoms. The zero-order chi connectivity index (χ0) is 22.8. The first-order chi connectivity index (χ1) is 14.8. The average Bonchev–Trinajstić information content (AvgIpc) is 2.80. The Kier molecular flexibility index (Phi) is 8.68. The molecule has 0 bridgehead atoms. The van der Waals surface area contributed by atoms with Crippen LogP contribution in [0.2, 0.25) is 0 Å². The Morgan fingerprint density at radius 3 is 2.19 bits per heavy atom. The van der Waals surface area contributed by atoms with Crippen LogP contribution in [0, 0.1) is 10.1 Å². The molecule has 0 aliphatic rings. The molecule has 164 valence electrons. The zero-order valence-corrected chi connectivity index (χ0v) is 17.3. The Morgan fingerprint density at radius 1 is 1.00 bits per heavy atom. The molecule has 9 nitrogen and oxygen atoms in total. The molecule has 9 heteroatoms. The van der Waals surface area contributed by atoms with Gasteiger partial charge in [-0.1, -0.05) is 42.5 Å². The monoisotopic (exact) mass is 428 g/mol. The predicted molar refractivity (Wildman–Crippen MR) is 111 cm³/mol. The second-order valence-electron chi connectivity index (χ2n) is 6.79. The SMILES string of the molecule is COC(=O)C[C@@H](c1ccc([N+](=O)[O-])cc1)[C@H](NC(=O)CCc1ccccc1)C(=O)OC. The fourth-order valence-corrected chi connectivity index (χ4v) is 3.13. The van der Waals surface area contributed by atoms with Gasteiger partial charge in [-0.2, -0.15) is 0 Å². The van der Waals surface area contributed by atoms with Crippen molar-refractivity contribution < 1.29 is 28.8 Å². The number of benzene rings is 2. The maximum atomic E-state index is 12.6. The van der Waals surface area contributed by atoms with Gasteiger partial charge in [0.05, 0.1) is 25.6 Å². The smallest absolute Gasteiger partial charge is 0.329 e. The van der Waals surface area contributed by atoms with Crippen LogP contribution in [-0.2, 0) is 30.3 Å². The lowest BCUT2D eigenvalue weighted by Gasteiger charge is -2.26. The lowest BCUT2D eigenvalue weighted by atomic mass is 9.88. The molecule has 0 saturated heterocycles. The van der Waals surface area contributed by atoms with Crippen LogP contribution in [0.4, 0.5) is 5.69 Å². The Hall–Kier alpha value is -3.75.